The van der Waals surface area contributed by atoms with Gasteiger partial charge in [0.15, 0.2) is 0 Å². The van der Waals surface area contributed by atoms with Crippen molar-refractivity contribution in [1.82, 2.24) is 0 Å². The van der Waals surface area contributed by atoms with Gasteiger partial charge in [-0.2, -0.15) is 0 Å². The topological polar surface area (TPSA) is 20.2 Å². The maximum atomic E-state index is 9.41. The zero-order chi connectivity index (χ0) is 16.8. The first-order chi connectivity index (χ1) is 11.8. The largest absolute Gasteiger partial charge is 0.508 e. The Morgan fingerprint density at radius 2 is 1.38 bits per heavy atom. The molecule has 1 heteroatoms. The van der Waals surface area contributed by atoms with E-state index in [9.17, 15) is 5.11 Å². The highest BCUT2D eigenvalue weighted by molar-refractivity contribution is 5.64. The highest BCUT2D eigenvalue weighted by Gasteiger charge is 2.21. The van der Waals surface area contributed by atoms with Crippen LogP contribution < -0.4 is 0 Å². The molecule has 1 nitrogen and oxygen atoms in total. The second-order valence-electron chi connectivity index (χ2n) is 7.38. The van der Waals surface area contributed by atoms with Gasteiger partial charge in [0.05, 0.1) is 0 Å². The molecule has 0 spiro atoms. The van der Waals surface area contributed by atoms with E-state index in [1.165, 1.54) is 68.1 Å². The molecule has 0 bridgehead atoms. The van der Waals surface area contributed by atoms with Crippen LogP contribution in [0.15, 0.2) is 48.5 Å². The van der Waals surface area contributed by atoms with Gasteiger partial charge in [0.25, 0.3) is 0 Å². The van der Waals surface area contributed by atoms with Gasteiger partial charge in [-0.3, -0.25) is 0 Å². The molecule has 0 amide bonds. The van der Waals surface area contributed by atoms with Crippen LogP contribution in [0.1, 0.15) is 69.8 Å². The summed E-state index contributed by atoms with van der Waals surface area (Å²) in [6, 6.07) is 16.5. The molecule has 0 saturated heterocycles. The fourth-order valence-corrected chi connectivity index (χ4v) is 4.07. The van der Waals surface area contributed by atoms with Crippen molar-refractivity contribution < 1.29 is 5.11 Å². The average Bonchev–Trinajstić information content (AvgIpc) is 2.63. The fourth-order valence-electron chi connectivity index (χ4n) is 4.07. The molecule has 0 aromatic heterocycles. The van der Waals surface area contributed by atoms with E-state index in [0.717, 1.165) is 11.8 Å². The molecule has 0 atom stereocenters. The molecule has 24 heavy (non-hydrogen) atoms. The lowest BCUT2D eigenvalue weighted by Gasteiger charge is -2.29. The highest BCUT2D eigenvalue weighted by Crippen LogP contribution is 2.38. The molecule has 1 N–H and O–H groups in total. The lowest BCUT2D eigenvalue weighted by molar-refractivity contribution is 0.303. The second kappa shape index (κ2) is 8.37. The molecule has 0 heterocycles. The summed E-state index contributed by atoms with van der Waals surface area (Å²) in [4.78, 5) is 0. The number of rotatable bonds is 6. The number of aromatic hydroxyl groups is 1. The maximum Gasteiger partial charge on any atom is 0.115 e. The Bertz CT molecular complexity index is 603. The number of hydrogen-bond donors (Lipinski definition) is 1. The van der Waals surface area contributed by atoms with Crippen LogP contribution in [-0.4, -0.2) is 5.11 Å². The van der Waals surface area contributed by atoms with Crippen LogP contribution in [0.3, 0.4) is 0 Å². The first-order valence-electron chi connectivity index (χ1n) is 9.65. The fraction of sp³-hybridized carbons (Fsp3) is 0.478. The van der Waals surface area contributed by atoms with Gasteiger partial charge < -0.3 is 5.11 Å². The minimum atomic E-state index is 0.325. The van der Waals surface area contributed by atoms with Crippen molar-refractivity contribution in [3.05, 3.63) is 54.1 Å². The maximum absolute atomic E-state index is 9.41. The predicted molar refractivity (Wildman–Crippen MR) is 102 cm³/mol. The van der Waals surface area contributed by atoms with E-state index >= 15 is 0 Å². The molecule has 128 valence electrons. The first kappa shape index (κ1) is 17.1. The summed E-state index contributed by atoms with van der Waals surface area (Å²) < 4.78 is 0. The van der Waals surface area contributed by atoms with Crippen molar-refractivity contribution in [2.24, 2.45) is 5.92 Å². The Hall–Kier alpha value is -1.76. The Labute approximate surface area is 146 Å². The van der Waals surface area contributed by atoms with Crippen molar-refractivity contribution >= 4 is 0 Å². The van der Waals surface area contributed by atoms with Crippen molar-refractivity contribution in [3.63, 3.8) is 0 Å². The average molecular weight is 322 g/mol. The van der Waals surface area contributed by atoms with Gasteiger partial charge in [0.2, 0.25) is 0 Å². The first-order valence-corrected chi connectivity index (χ1v) is 9.65. The van der Waals surface area contributed by atoms with E-state index in [2.05, 4.69) is 31.2 Å². The third-order valence-corrected chi connectivity index (χ3v) is 5.65. The van der Waals surface area contributed by atoms with Crippen molar-refractivity contribution in [3.8, 4) is 16.9 Å². The molecule has 1 aliphatic rings. The monoisotopic (exact) mass is 322 g/mol. The van der Waals surface area contributed by atoms with Gasteiger partial charge in [-0.25, -0.2) is 0 Å². The van der Waals surface area contributed by atoms with E-state index in [1.54, 1.807) is 12.1 Å². The third-order valence-electron chi connectivity index (χ3n) is 5.65. The Morgan fingerprint density at radius 3 is 1.96 bits per heavy atom. The number of unbranched alkanes of at least 4 members (excludes halogenated alkanes) is 2. The summed E-state index contributed by atoms with van der Waals surface area (Å²) in [6.45, 7) is 2.29. The third kappa shape index (κ3) is 4.41. The van der Waals surface area contributed by atoms with Crippen LogP contribution in [0.2, 0.25) is 0 Å². The summed E-state index contributed by atoms with van der Waals surface area (Å²) in [7, 11) is 0. The predicted octanol–water partition coefficient (Wildman–Crippen LogP) is 6.91. The number of benzene rings is 2. The SMILES string of the molecule is CCCCC[C@H]1CC[C@H](c2ccc(-c3ccc(O)cc3)cc2)CC1. The minimum absolute atomic E-state index is 0.325. The van der Waals surface area contributed by atoms with Gasteiger partial charge in [-0.15, -0.1) is 0 Å². The van der Waals surface area contributed by atoms with Gasteiger partial charge in [-0.1, -0.05) is 69.0 Å². The number of phenols is 1. The van der Waals surface area contributed by atoms with Crippen LogP contribution >= 0.6 is 0 Å². The minimum Gasteiger partial charge on any atom is -0.508 e. The normalized spacial score (nSPS) is 20.9. The molecule has 3 rings (SSSR count). The standard InChI is InChI=1S/C23H30O/c1-2-3-4-5-18-6-8-19(9-7-18)20-10-12-21(13-11-20)22-14-16-23(24)17-15-22/h10-19,24H,2-9H2,1H3/t18-,19-. The number of hydrogen-bond acceptors (Lipinski definition) is 1. The van der Waals surface area contributed by atoms with Crippen LogP contribution in [0, 0.1) is 5.92 Å². The molecule has 0 unspecified atom stereocenters. The smallest absolute Gasteiger partial charge is 0.115 e. The van der Waals surface area contributed by atoms with Crippen molar-refractivity contribution in [2.75, 3.05) is 0 Å². The summed E-state index contributed by atoms with van der Waals surface area (Å²) in [6.07, 6.45) is 11.1. The van der Waals surface area contributed by atoms with Crippen molar-refractivity contribution in [1.29, 1.82) is 0 Å². The highest BCUT2D eigenvalue weighted by atomic mass is 16.3. The molecule has 2 aromatic rings. The van der Waals surface area contributed by atoms with E-state index in [1.807, 2.05) is 12.1 Å². The van der Waals surface area contributed by atoms with Crippen LogP contribution in [0.25, 0.3) is 11.1 Å². The van der Waals surface area contributed by atoms with Gasteiger partial charge in [0, 0.05) is 0 Å². The molecule has 1 aliphatic carbocycles. The quantitative estimate of drug-likeness (QED) is 0.573. The Kier molecular flexibility index (Phi) is 5.96. The molecule has 1 fully saturated rings. The lowest BCUT2D eigenvalue weighted by Crippen LogP contribution is -2.13. The van der Waals surface area contributed by atoms with E-state index in [-0.39, 0.29) is 0 Å². The van der Waals surface area contributed by atoms with Crippen LogP contribution in [-0.2, 0) is 0 Å². The lowest BCUT2D eigenvalue weighted by atomic mass is 9.77. The molecule has 2 aromatic carbocycles. The molecular formula is C23H30O. The van der Waals surface area contributed by atoms with E-state index < -0.39 is 0 Å². The Morgan fingerprint density at radius 1 is 0.792 bits per heavy atom. The zero-order valence-corrected chi connectivity index (χ0v) is 14.9. The molecule has 1 saturated carbocycles. The molecule has 0 aliphatic heterocycles. The Balaban J connectivity index is 1.56. The second-order valence-corrected chi connectivity index (χ2v) is 7.38. The van der Waals surface area contributed by atoms with Gasteiger partial charge >= 0.3 is 0 Å². The molecule has 0 radical (unpaired) electrons. The summed E-state index contributed by atoms with van der Waals surface area (Å²) in [5.74, 6) is 2.05. The summed E-state index contributed by atoms with van der Waals surface area (Å²) in [5, 5.41) is 9.41. The van der Waals surface area contributed by atoms with Crippen LogP contribution in [0.5, 0.6) is 5.75 Å². The van der Waals surface area contributed by atoms with Gasteiger partial charge in [-0.05, 0) is 66.3 Å². The summed E-state index contributed by atoms with van der Waals surface area (Å²) in [5.41, 5.74) is 3.90. The van der Waals surface area contributed by atoms with Gasteiger partial charge in [0.1, 0.15) is 5.75 Å². The van der Waals surface area contributed by atoms with E-state index in [0.29, 0.717) is 5.75 Å². The number of phenolic OH excluding ortho intramolecular Hbond substituents is 1. The molecular weight excluding hydrogens is 292 g/mol. The zero-order valence-electron chi connectivity index (χ0n) is 14.9. The van der Waals surface area contributed by atoms with E-state index in [4.69, 9.17) is 0 Å². The van der Waals surface area contributed by atoms with Crippen molar-refractivity contribution in [2.45, 2.75) is 64.2 Å². The van der Waals surface area contributed by atoms with Crippen LogP contribution in [0.4, 0.5) is 0 Å². The summed E-state index contributed by atoms with van der Waals surface area (Å²) >= 11 is 0.